The third-order valence-electron chi connectivity index (χ3n) is 7.78. The monoisotopic (exact) mass is 578 g/mol. The smallest absolute Gasteiger partial charge is 0.349 e. The number of amides is 1. The molecule has 2 aliphatic rings. The Bertz CT molecular complexity index is 1340. The SMILES string of the molecule is CN(C)CCOC(=O)c1sc(-c2ccc(NC(=O)c3cscn3)cc2)cc1C1=C(C2CCCCC2)CN(C)CC1. The lowest BCUT2D eigenvalue weighted by Crippen LogP contribution is -2.31. The molecule has 2 aromatic heterocycles. The predicted molar refractivity (Wildman–Crippen MR) is 164 cm³/mol. The number of benzene rings is 1. The van der Waals surface area contributed by atoms with Crippen molar-refractivity contribution in [1.82, 2.24) is 14.8 Å². The molecule has 3 heterocycles. The van der Waals surface area contributed by atoms with Crippen LogP contribution in [0.4, 0.5) is 5.69 Å². The van der Waals surface area contributed by atoms with Crippen molar-refractivity contribution in [1.29, 1.82) is 0 Å². The van der Waals surface area contributed by atoms with Crippen molar-refractivity contribution in [2.45, 2.75) is 38.5 Å². The molecule has 0 bridgehead atoms. The Morgan fingerprint density at radius 3 is 2.62 bits per heavy atom. The second-order valence-corrected chi connectivity index (χ2v) is 12.8. The first-order valence-corrected chi connectivity index (χ1v) is 15.8. The molecule has 0 atom stereocenters. The molecule has 1 N–H and O–H groups in total. The van der Waals surface area contributed by atoms with Crippen molar-refractivity contribution in [3.8, 4) is 10.4 Å². The summed E-state index contributed by atoms with van der Waals surface area (Å²) in [4.78, 5) is 36.1. The van der Waals surface area contributed by atoms with Crippen LogP contribution in [0.25, 0.3) is 16.0 Å². The fourth-order valence-electron chi connectivity index (χ4n) is 5.60. The zero-order chi connectivity index (χ0) is 28.1. The highest BCUT2D eigenvalue weighted by Crippen LogP contribution is 2.43. The van der Waals surface area contributed by atoms with E-state index in [1.807, 2.05) is 43.3 Å². The molecule has 1 fully saturated rings. The van der Waals surface area contributed by atoms with Crippen LogP contribution in [0.5, 0.6) is 0 Å². The number of thiophene rings is 1. The van der Waals surface area contributed by atoms with Crippen molar-refractivity contribution in [2.24, 2.45) is 5.92 Å². The molecule has 0 radical (unpaired) electrons. The molecular formula is C31H38N4O3S2. The lowest BCUT2D eigenvalue weighted by Gasteiger charge is -2.34. The number of thiazole rings is 1. The van der Waals surface area contributed by atoms with E-state index in [0.717, 1.165) is 35.5 Å². The second-order valence-electron chi connectivity index (χ2n) is 11.0. The molecule has 40 heavy (non-hydrogen) atoms. The van der Waals surface area contributed by atoms with Crippen molar-refractivity contribution < 1.29 is 14.3 Å². The average molecular weight is 579 g/mol. The molecule has 0 saturated heterocycles. The maximum absolute atomic E-state index is 13.5. The Labute approximate surface area is 244 Å². The van der Waals surface area contributed by atoms with Crippen LogP contribution < -0.4 is 5.32 Å². The summed E-state index contributed by atoms with van der Waals surface area (Å²) in [5.41, 5.74) is 7.69. The van der Waals surface area contributed by atoms with Gasteiger partial charge in [-0.1, -0.05) is 31.4 Å². The highest BCUT2D eigenvalue weighted by Gasteiger charge is 2.29. The van der Waals surface area contributed by atoms with Crippen molar-refractivity contribution in [3.05, 3.63) is 62.9 Å². The second kappa shape index (κ2) is 13.2. The highest BCUT2D eigenvalue weighted by molar-refractivity contribution is 7.17. The maximum Gasteiger partial charge on any atom is 0.349 e. The quantitative estimate of drug-likeness (QED) is 0.292. The first kappa shape index (κ1) is 28.7. The maximum atomic E-state index is 13.5. The zero-order valence-electron chi connectivity index (χ0n) is 23.6. The van der Waals surface area contributed by atoms with Gasteiger partial charge >= 0.3 is 5.97 Å². The van der Waals surface area contributed by atoms with Gasteiger partial charge in [-0.05, 0) is 81.2 Å². The number of anilines is 1. The zero-order valence-corrected chi connectivity index (χ0v) is 25.2. The van der Waals surface area contributed by atoms with Gasteiger partial charge in [0.2, 0.25) is 0 Å². The van der Waals surface area contributed by atoms with Gasteiger partial charge in [-0.3, -0.25) is 4.79 Å². The van der Waals surface area contributed by atoms with E-state index in [0.29, 0.717) is 35.3 Å². The number of esters is 1. The highest BCUT2D eigenvalue weighted by atomic mass is 32.1. The summed E-state index contributed by atoms with van der Waals surface area (Å²) in [6.07, 6.45) is 7.30. The Balaban J connectivity index is 1.47. The van der Waals surface area contributed by atoms with E-state index in [2.05, 4.69) is 28.3 Å². The molecule has 1 saturated carbocycles. The summed E-state index contributed by atoms with van der Waals surface area (Å²) in [5.74, 6) is 0.127. The van der Waals surface area contributed by atoms with Gasteiger partial charge in [0, 0.05) is 41.1 Å². The van der Waals surface area contributed by atoms with E-state index in [9.17, 15) is 9.59 Å². The number of rotatable bonds is 9. The standard InChI is InChI=1S/C31H38N4O3S2/c1-34(2)15-16-38-31(37)29-25(24-13-14-35(3)18-26(24)21-7-5-4-6-8-21)17-28(40-29)22-9-11-23(12-10-22)33-30(36)27-19-39-20-32-27/h9-12,17,19-21H,4-8,13-16,18H2,1-3H3,(H,33,36). The van der Waals surface area contributed by atoms with E-state index < -0.39 is 0 Å². The fourth-order valence-corrected chi connectivity index (χ4v) is 7.21. The van der Waals surface area contributed by atoms with Gasteiger partial charge in [-0.25, -0.2) is 9.78 Å². The molecule has 1 aliphatic carbocycles. The minimum atomic E-state index is -0.241. The van der Waals surface area contributed by atoms with E-state index in [1.165, 1.54) is 65.9 Å². The molecule has 7 nitrogen and oxygen atoms in total. The third-order valence-corrected chi connectivity index (χ3v) is 9.53. The van der Waals surface area contributed by atoms with Gasteiger partial charge in [-0.2, -0.15) is 0 Å². The summed E-state index contributed by atoms with van der Waals surface area (Å²) in [7, 11) is 6.15. The lowest BCUT2D eigenvalue weighted by atomic mass is 9.78. The van der Waals surface area contributed by atoms with Gasteiger partial charge < -0.3 is 19.9 Å². The van der Waals surface area contributed by atoms with Crippen LogP contribution in [-0.4, -0.2) is 74.0 Å². The molecule has 9 heteroatoms. The van der Waals surface area contributed by atoms with Crippen LogP contribution in [0.2, 0.25) is 0 Å². The summed E-state index contributed by atoms with van der Waals surface area (Å²) in [5, 5.41) is 4.64. The number of carbonyl (C=O) groups is 2. The van der Waals surface area contributed by atoms with Gasteiger partial charge in [0.05, 0.1) is 5.51 Å². The normalized spacial score (nSPS) is 16.9. The van der Waals surface area contributed by atoms with Gasteiger partial charge in [0.15, 0.2) is 0 Å². The third kappa shape index (κ3) is 6.89. The first-order valence-electron chi connectivity index (χ1n) is 14.1. The molecule has 1 aliphatic heterocycles. The number of nitrogens with zero attached hydrogens (tertiary/aromatic N) is 3. The minimum absolute atomic E-state index is 0.223. The number of carbonyl (C=O) groups excluding carboxylic acids is 2. The number of likely N-dealkylation sites (N-methyl/N-ethyl adjacent to an activating group) is 2. The number of aromatic nitrogens is 1. The van der Waals surface area contributed by atoms with Gasteiger partial charge in [0.1, 0.15) is 17.2 Å². The largest absolute Gasteiger partial charge is 0.460 e. The van der Waals surface area contributed by atoms with Crippen LogP contribution in [0.1, 0.15) is 64.2 Å². The predicted octanol–water partition coefficient (Wildman–Crippen LogP) is 6.51. The molecule has 1 aromatic carbocycles. The van der Waals surface area contributed by atoms with Crippen LogP contribution >= 0.6 is 22.7 Å². The number of ether oxygens (including phenoxy) is 1. The molecule has 1 amide bonds. The van der Waals surface area contributed by atoms with Crippen LogP contribution in [-0.2, 0) is 4.74 Å². The van der Waals surface area contributed by atoms with Crippen molar-refractivity contribution in [2.75, 3.05) is 52.7 Å². The molecule has 3 aromatic rings. The first-order chi connectivity index (χ1) is 19.4. The average Bonchev–Trinajstić information content (AvgIpc) is 3.65. The van der Waals surface area contributed by atoms with Crippen molar-refractivity contribution >= 4 is 45.8 Å². The lowest BCUT2D eigenvalue weighted by molar-refractivity contribution is 0.0487. The Morgan fingerprint density at radius 1 is 1.15 bits per heavy atom. The number of hydrogen-bond acceptors (Lipinski definition) is 8. The fraction of sp³-hybridized carbons (Fsp3) is 0.452. The van der Waals surface area contributed by atoms with E-state index in [-0.39, 0.29) is 11.9 Å². The van der Waals surface area contributed by atoms with Crippen molar-refractivity contribution in [3.63, 3.8) is 0 Å². The van der Waals surface area contributed by atoms with Gasteiger partial charge in [-0.15, -0.1) is 22.7 Å². The molecule has 0 spiro atoms. The van der Waals surface area contributed by atoms with Crippen LogP contribution in [0, 0.1) is 5.92 Å². The summed E-state index contributed by atoms with van der Waals surface area (Å²) in [6, 6.07) is 9.99. The topological polar surface area (TPSA) is 74.8 Å². The molecule has 5 rings (SSSR count). The van der Waals surface area contributed by atoms with E-state index in [1.54, 1.807) is 10.9 Å². The van der Waals surface area contributed by atoms with E-state index >= 15 is 0 Å². The molecule has 212 valence electrons. The molecule has 0 unspecified atom stereocenters. The minimum Gasteiger partial charge on any atom is -0.460 e. The summed E-state index contributed by atoms with van der Waals surface area (Å²) in [6.45, 7) is 3.00. The van der Waals surface area contributed by atoms with Crippen LogP contribution in [0.15, 0.2) is 46.8 Å². The summed E-state index contributed by atoms with van der Waals surface area (Å²) < 4.78 is 5.76. The Kier molecular flexibility index (Phi) is 9.47. The Hall–Kier alpha value is -2.85. The Morgan fingerprint density at radius 2 is 1.93 bits per heavy atom. The summed E-state index contributed by atoms with van der Waals surface area (Å²) >= 11 is 2.90. The number of nitrogens with one attached hydrogen (secondary N) is 1. The van der Waals surface area contributed by atoms with Gasteiger partial charge in [0.25, 0.3) is 5.91 Å². The van der Waals surface area contributed by atoms with Crippen LogP contribution in [0.3, 0.4) is 0 Å². The molecular weight excluding hydrogens is 541 g/mol. The number of hydrogen-bond donors (Lipinski definition) is 1. The van der Waals surface area contributed by atoms with E-state index in [4.69, 9.17) is 4.74 Å².